The van der Waals surface area contributed by atoms with E-state index in [4.69, 9.17) is 27.9 Å². The molecular formula is C15H13Cl2N3O2. The van der Waals surface area contributed by atoms with Crippen molar-refractivity contribution >= 4 is 29.1 Å². The largest absolute Gasteiger partial charge is 0.370 e. The molecule has 0 saturated carbocycles. The van der Waals surface area contributed by atoms with E-state index in [9.17, 15) is 4.79 Å². The Morgan fingerprint density at radius 3 is 2.86 bits per heavy atom. The number of amides is 1. The van der Waals surface area contributed by atoms with E-state index in [-0.39, 0.29) is 12.0 Å². The average Bonchev–Trinajstić information content (AvgIpc) is 2.57. The second kappa shape index (κ2) is 6.60. The number of aromatic nitrogens is 2. The summed E-state index contributed by atoms with van der Waals surface area (Å²) in [7, 11) is 0. The van der Waals surface area contributed by atoms with Gasteiger partial charge in [0, 0.05) is 12.7 Å². The highest BCUT2D eigenvalue weighted by Crippen LogP contribution is 2.29. The fourth-order valence-electron chi connectivity index (χ4n) is 2.33. The summed E-state index contributed by atoms with van der Waals surface area (Å²) in [4.78, 5) is 14.1. The molecule has 0 bridgehead atoms. The third-order valence-electron chi connectivity index (χ3n) is 3.46. The van der Waals surface area contributed by atoms with Crippen molar-refractivity contribution in [3.8, 4) is 0 Å². The molecule has 114 valence electrons. The lowest BCUT2D eigenvalue weighted by Gasteiger charge is -2.33. The third kappa shape index (κ3) is 3.21. The summed E-state index contributed by atoms with van der Waals surface area (Å²) in [5.41, 5.74) is 1.23. The van der Waals surface area contributed by atoms with Crippen LogP contribution in [0.4, 0.5) is 0 Å². The number of morpholine rings is 1. The number of nitrogens with zero attached hydrogens (tertiary/aromatic N) is 3. The fraction of sp³-hybridized carbons (Fsp3) is 0.267. The van der Waals surface area contributed by atoms with Gasteiger partial charge in [-0.05, 0) is 29.8 Å². The number of hydrogen-bond donors (Lipinski definition) is 0. The number of halogens is 2. The molecule has 0 N–H and O–H groups in total. The molecule has 1 aromatic carbocycles. The Morgan fingerprint density at radius 2 is 2.14 bits per heavy atom. The normalized spacial score (nSPS) is 18.3. The summed E-state index contributed by atoms with van der Waals surface area (Å²) in [6, 6.07) is 8.70. The van der Waals surface area contributed by atoms with Gasteiger partial charge in [0.2, 0.25) is 0 Å². The van der Waals surface area contributed by atoms with Crippen molar-refractivity contribution in [1.29, 1.82) is 0 Å². The lowest BCUT2D eigenvalue weighted by Crippen LogP contribution is -2.42. The monoisotopic (exact) mass is 337 g/mol. The van der Waals surface area contributed by atoms with Gasteiger partial charge in [0.1, 0.15) is 6.10 Å². The van der Waals surface area contributed by atoms with Crippen molar-refractivity contribution in [1.82, 2.24) is 15.1 Å². The van der Waals surface area contributed by atoms with Gasteiger partial charge in [-0.3, -0.25) is 4.79 Å². The smallest absolute Gasteiger partial charge is 0.274 e. The predicted molar refractivity (Wildman–Crippen MR) is 83.1 cm³/mol. The van der Waals surface area contributed by atoms with Crippen LogP contribution in [0.15, 0.2) is 36.5 Å². The molecule has 0 spiro atoms. The Kier molecular flexibility index (Phi) is 4.57. The molecule has 0 unspecified atom stereocenters. The first-order valence-electron chi connectivity index (χ1n) is 6.78. The van der Waals surface area contributed by atoms with Crippen LogP contribution in [0.3, 0.4) is 0 Å². The summed E-state index contributed by atoms with van der Waals surface area (Å²) in [5, 5.41) is 8.56. The molecule has 1 fully saturated rings. The molecule has 22 heavy (non-hydrogen) atoms. The first-order valence-corrected chi connectivity index (χ1v) is 7.54. The Labute approximate surface area is 137 Å². The van der Waals surface area contributed by atoms with Gasteiger partial charge in [0.25, 0.3) is 5.91 Å². The second-order valence-corrected chi connectivity index (χ2v) is 5.71. The number of carbonyl (C=O) groups is 1. The van der Waals surface area contributed by atoms with Crippen LogP contribution in [-0.4, -0.2) is 40.7 Å². The van der Waals surface area contributed by atoms with Gasteiger partial charge in [-0.15, -0.1) is 5.10 Å². The molecule has 2 aromatic rings. The van der Waals surface area contributed by atoms with E-state index in [2.05, 4.69) is 10.2 Å². The van der Waals surface area contributed by atoms with E-state index in [1.54, 1.807) is 29.2 Å². The Hall–Kier alpha value is -1.69. The van der Waals surface area contributed by atoms with Gasteiger partial charge in [0.05, 0.1) is 23.2 Å². The van der Waals surface area contributed by atoms with Crippen LogP contribution < -0.4 is 0 Å². The number of rotatable bonds is 2. The first-order chi connectivity index (χ1) is 10.6. The molecule has 1 aliphatic rings. The topological polar surface area (TPSA) is 55.3 Å². The zero-order valence-electron chi connectivity index (χ0n) is 11.6. The number of carbonyl (C=O) groups excluding carboxylic acids is 1. The molecule has 3 rings (SSSR count). The maximum Gasteiger partial charge on any atom is 0.274 e. The maximum atomic E-state index is 12.4. The highest BCUT2D eigenvalue weighted by molar-refractivity contribution is 6.42. The minimum absolute atomic E-state index is 0.151. The molecule has 5 nitrogen and oxygen atoms in total. The van der Waals surface area contributed by atoms with Crippen molar-refractivity contribution in [2.24, 2.45) is 0 Å². The number of hydrogen-bond acceptors (Lipinski definition) is 4. The average molecular weight is 338 g/mol. The van der Waals surface area contributed by atoms with Gasteiger partial charge in [-0.25, -0.2) is 0 Å². The molecule has 1 aromatic heterocycles. The molecule has 1 amide bonds. The SMILES string of the molecule is O=C(c1cccnn1)N1CCO[C@@H](c2ccc(Cl)c(Cl)c2)C1. The van der Waals surface area contributed by atoms with Crippen LogP contribution in [-0.2, 0) is 4.74 Å². The minimum atomic E-state index is -0.232. The van der Waals surface area contributed by atoms with Crippen molar-refractivity contribution in [2.75, 3.05) is 19.7 Å². The van der Waals surface area contributed by atoms with Gasteiger partial charge in [0.15, 0.2) is 5.69 Å². The summed E-state index contributed by atoms with van der Waals surface area (Å²) in [6.07, 6.45) is 1.30. The number of benzene rings is 1. The van der Waals surface area contributed by atoms with Crippen LogP contribution >= 0.6 is 23.2 Å². The minimum Gasteiger partial charge on any atom is -0.370 e. The van der Waals surface area contributed by atoms with Crippen LogP contribution in [0.5, 0.6) is 0 Å². The van der Waals surface area contributed by atoms with Gasteiger partial charge in [-0.1, -0.05) is 29.3 Å². The molecule has 2 heterocycles. The molecule has 1 saturated heterocycles. The maximum absolute atomic E-state index is 12.4. The summed E-state index contributed by atoms with van der Waals surface area (Å²) >= 11 is 12.0. The number of ether oxygens (including phenoxy) is 1. The molecule has 1 aliphatic heterocycles. The van der Waals surface area contributed by atoms with Crippen LogP contribution in [0.1, 0.15) is 22.2 Å². The van der Waals surface area contributed by atoms with Gasteiger partial charge >= 0.3 is 0 Å². The molecule has 0 radical (unpaired) electrons. The molecule has 1 atom stereocenters. The molecular weight excluding hydrogens is 325 g/mol. The van der Waals surface area contributed by atoms with E-state index in [0.29, 0.717) is 35.4 Å². The summed E-state index contributed by atoms with van der Waals surface area (Å²) < 4.78 is 5.74. The quantitative estimate of drug-likeness (QED) is 0.845. The first kappa shape index (κ1) is 15.2. The molecule has 7 heteroatoms. The summed E-state index contributed by atoms with van der Waals surface area (Å²) in [6.45, 7) is 1.41. The van der Waals surface area contributed by atoms with Crippen molar-refractivity contribution < 1.29 is 9.53 Å². The van der Waals surface area contributed by atoms with Crippen molar-refractivity contribution in [2.45, 2.75) is 6.10 Å². The Bertz CT molecular complexity index is 682. The second-order valence-electron chi connectivity index (χ2n) is 4.89. The lowest BCUT2D eigenvalue weighted by molar-refractivity contribution is -0.0230. The highest BCUT2D eigenvalue weighted by atomic mass is 35.5. The van der Waals surface area contributed by atoms with E-state index in [1.807, 2.05) is 6.07 Å². The Balaban J connectivity index is 1.76. The van der Waals surface area contributed by atoms with E-state index in [1.165, 1.54) is 6.20 Å². The Morgan fingerprint density at radius 1 is 1.27 bits per heavy atom. The molecule has 0 aliphatic carbocycles. The van der Waals surface area contributed by atoms with Crippen LogP contribution in [0, 0.1) is 0 Å². The van der Waals surface area contributed by atoms with E-state index >= 15 is 0 Å². The van der Waals surface area contributed by atoms with E-state index in [0.717, 1.165) is 5.56 Å². The standard InChI is InChI=1S/C15H13Cl2N3O2/c16-11-4-3-10(8-12(11)17)14-9-20(6-7-22-14)15(21)13-2-1-5-18-19-13/h1-5,8,14H,6-7,9H2/t14-/m1/s1. The van der Waals surface area contributed by atoms with E-state index < -0.39 is 0 Å². The zero-order valence-corrected chi connectivity index (χ0v) is 13.1. The van der Waals surface area contributed by atoms with Crippen molar-refractivity contribution in [3.05, 3.63) is 57.8 Å². The van der Waals surface area contributed by atoms with Gasteiger partial charge < -0.3 is 9.64 Å². The highest BCUT2D eigenvalue weighted by Gasteiger charge is 2.27. The van der Waals surface area contributed by atoms with Crippen molar-refractivity contribution in [3.63, 3.8) is 0 Å². The van der Waals surface area contributed by atoms with Crippen LogP contribution in [0.25, 0.3) is 0 Å². The summed E-state index contributed by atoms with van der Waals surface area (Å²) in [5.74, 6) is -0.151. The zero-order chi connectivity index (χ0) is 15.5. The third-order valence-corrected chi connectivity index (χ3v) is 4.20. The van der Waals surface area contributed by atoms with Gasteiger partial charge in [-0.2, -0.15) is 5.10 Å². The lowest BCUT2D eigenvalue weighted by atomic mass is 10.1. The fourth-order valence-corrected chi connectivity index (χ4v) is 2.63. The predicted octanol–water partition coefficient (Wildman–Crippen LogP) is 3.00. The van der Waals surface area contributed by atoms with Crippen LogP contribution in [0.2, 0.25) is 10.0 Å².